The topological polar surface area (TPSA) is 0 Å². The van der Waals surface area contributed by atoms with Gasteiger partial charge in [-0.05, 0) is 38.5 Å². The lowest BCUT2D eigenvalue weighted by Crippen LogP contribution is -1.88. The molecule has 1 saturated carbocycles. The summed E-state index contributed by atoms with van der Waals surface area (Å²) in [6.45, 7) is 3.95. The molecule has 20 heavy (non-hydrogen) atoms. The van der Waals surface area contributed by atoms with Crippen molar-refractivity contribution in [2.24, 2.45) is 0 Å². The Labute approximate surface area is 128 Å². The van der Waals surface area contributed by atoms with Crippen molar-refractivity contribution in [2.45, 2.75) is 109 Å². The van der Waals surface area contributed by atoms with E-state index in [-0.39, 0.29) is 0 Å². The average Bonchev–Trinajstić information content (AvgIpc) is 2.47. The molecule has 117 valence electrons. The van der Waals surface area contributed by atoms with Crippen LogP contribution in [0.25, 0.3) is 0 Å². The summed E-state index contributed by atoms with van der Waals surface area (Å²) >= 11 is 0. The van der Waals surface area contributed by atoms with Crippen LogP contribution in [-0.4, -0.2) is 0 Å². The van der Waals surface area contributed by atoms with Crippen LogP contribution in [0.15, 0.2) is 11.6 Å². The second-order valence-corrected chi connectivity index (χ2v) is 6.60. The van der Waals surface area contributed by atoms with E-state index in [1.807, 2.05) is 0 Å². The maximum absolute atomic E-state index is 3.95. The van der Waals surface area contributed by atoms with E-state index in [1.165, 1.54) is 103 Å². The largest absolute Gasteiger partial charge is 0.0853 e. The van der Waals surface area contributed by atoms with Crippen LogP contribution >= 0.6 is 0 Å². The second kappa shape index (κ2) is 13.7. The van der Waals surface area contributed by atoms with E-state index in [0.29, 0.717) is 0 Å². The molecule has 0 saturated heterocycles. The first kappa shape index (κ1) is 17.8. The Morgan fingerprint density at radius 2 is 1.05 bits per heavy atom. The van der Waals surface area contributed by atoms with Gasteiger partial charge in [-0.2, -0.15) is 0 Å². The van der Waals surface area contributed by atoms with E-state index < -0.39 is 0 Å². The standard InChI is InChI=1S/C20H37/c1-2-3-14-17-20-18-15-12-10-8-6-4-5-7-9-11-13-16-19-20/h17H,1-16,18-19H2. The molecular formula is C20H37. The first-order valence-electron chi connectivity index (χ1n) is 9.40. The van der Waals surface area contributed by atoms with E-state index in [9.17, 15) is 0 Å². The van der Waals surface area contributed by atoms with Crippen molar-refractivity contribution < 1.29 is 0 Å². The van der Waals surface area contributed by atoms with Crippen LogP contribution in [0, 0.1) is 6.92 Å². The Hall–Kier alpha value is -0.260. The van der Waals surface area contributed by atoms with Crippen molar-refractivity contribution in [2.75, 3.05) is 0 Å². The van der Waals surface area contributed by atoms with E-state index in [0.717, 1.165) is 6.42 Å². The van der Waals surface area contributed by atoms with Crippen LogP contribution in [0.2, 0.25) is 0 Å². The van der Waals surface area contributed by atoms with E-state index in [2.05, 4.69) is 13.0 Å². The third-order valence-electron chi connectivity index (χ3n) is 4.63. The van der Waals surface area contributed by atoms with Gasteiger partial charge in [-0.1, -0.05) is 89.2 Å². The fraction of sp³-hybridized carbons (Fsp3) is 0.850. The zero-order valence-electron chi connectivity index (χ0n) is 13.8. The summed E-state index contributed by atoms with van der Waals surface area (Å²) in [5, 5.41) is 0. The highest BCUT2D eigenvalue weighted by Gasteiger charge is 2.01. The van der Waals surface area contributed by atoms with Gasteiger partial charge in [-0.25, -0.2) is 0 Å². The number of rotatable bonds is 3. The summed E-state index contributed by atoms with van der Waals surface area (Å²) in [4.78, 5) is 0. The summed E-state index contributed by atoms with van der Waals surface area (Å²) in [5.41, 5.74) is 1.76. The predicted molar refractivity (Wildman–Crippen MR) is 91.9 cm³/mol. The first-order valence-corrected chi connectivity index (χ1v) is 9.40. The molecule has 0 aliphatic heterocycles. The quantitative estimate of drug-likeness (QED) is 0.372. The molecule has 1 radical (unpaired) electrons. The molecule has 0 bridgehead atoms. The highest BCUT2D eigenvalue weighted by Crippen LogP contribution is 2.20. The Balaban J connectivity index is 2.30. The molecule has 0 amide bonds. The van der Waals surface area contributed by atoms with Crippen LogP contribution in [0.1, 0.15) is 109 Å². The summed E-state index contributed by atoms with van der Waals surface area (Å²) in [6, 6.07) is 0. The number of hydrogen-bond acceptors (Lipinski definition) is 0. The molecule has 0 atom stereocenters. The van der Waals surface area contributed by atoms with E-state index in [4.69, 9.17) is 0 Å². The van der Waals surface area contributed by atoms with Crippen LogP contribution in [0.3, 0.4) is 0 Å². The lowest BCUT2D eigenvalue weighted by molar-refractivity contribution is 0.548. The van der Waals surface area contributed by atoms with Crippen LogP contribution in [0.5, 0.6) is 0 Å². The van der Waals surface area contributed by atoms with Gasteiger partial charge in [0.25, 0.3) is 0 Å². The van der Waals surface area contributed by atoms with Crippen LogP contribution in [0.4, 0.5) is 0 Å². The van der Waals surface area contributed by atoms with Gasteiger partial charge in [0.1, 0.15) is 0 Å². The monoisotopic (exact) mass is 277 g/mol. The first-order chi connectivity index (χ1) is 9.93. The lowest BCUT2D eigenvalue weighted by atomic mass is 9.98. The minimum absolute atomic E-state index is 1.09. The summed E-state index contributed by atoms with van der Waals surface area (Å²) in [7, 11) is 0. The fourth-order valence-corrected chi connectivity index (χ4v) is 3.25. The van der Waals surface area contributed by atoms with E-state index in [1.54, 1.807) is 5.57 Å². The van der Waals surface area contributed by atoms with Crippen LogP contribution in [-0.2, 0) is 0 Å². The van der Waals surface area contributed by atoms with Gasteiger partial charge in [-0.15, -0.1) is 0 Å². The van der Waals surface area contributed by atoms with Gasteiger partial charge in [0.05, 0.1) is 0 Å². The molecular weight excluding hydrogens is 240 g/mol. The molecule has 1 rings (SSSR count). The lowest BCUT2D eigenvalue weighted by Gasteiger charge is -2.08. The fourth-order valence-electron chi connectivity index (χ4n) is 3.25. The normalized spacial score (nSPS) is 20.9. The van der Waals surface area contributed by atoms with Crippen molar-refractivity contribution >= 4 is 0 Å². The van der Waals surface area contributed by atoms with Crippen molar-refractivity contribution in [3.8, 4) is 0 Å². The maximum Gasteiger partial charge on any atom is -0.0320 e. The zero-order valence-corrected chi connectivity index (χ0v) is 13.8. The molecule has 0 aromatic carbocycles. The molecule has 1 fully saturated rings. The SMILES string of the molecule is [CH2]CCCC=C1CCCCCCCCCCCCCC1. The minimum atomic E-state index is 1.09. The van der Waals surface area contributed by atoms with Gasteiger partial charge in [0, 0.05) is 0 Å². The number of hydrogen-bond donors (Lipinski definition) is 0. The van der Waals surface area contributed by atoms with Crippen molar-refractivity contribution in [1.29, 1.82) is 0 Å². The second-order valence-electron chi connectivity index (χ2n) is 6.60. The number of allylic oxidation sites excluding steroid dienone is 2. The third kappa shape index (κ3) is 10.5. The molecule has 0 aromatic heterocycles. The molecule has 0 aromatic rings. The molecule has 0 heteroatoms. The number of unbranched alkanes of at least 4 members (excludes halogenated alkanes) is 2. The van der Waals surface area contributed by atoms with Crippen LogP contribution < -0.4 is 0 Å². The van der Waals surface area contributed by atoms with E-state index >= 15 is 0 Å². The minimum Gasteiger partial charge on any atom is -0.0853 e. The average molecular weight is 278 g/mol. The molecule has 0 spiro atoms. The van der Waals surface area contributed by atoms with Crippen molar-refractivity contribution in [3.05, 3.63) is 18.6 Å². The molecule has 1 aliphatic carbocycles. The summed E-state index contributed by atoms with van der Waals surface area (Å²) in [6.07, 6.45) is 26.5. The van der Waals surface area contributed by atoms with Gasteiger partial charge in [-0.3, -0.25) is 0 Å². The predicted octanol–water partition coefficient (Wildman–Crippen LogP) is 7.39. The van der Waals surface area contributed by atoms with Crippen molar-refractivity contribution in [3.63, 3.8) is 0 Å². The molecule has 0 N–H and O–H groups in total. The smallest absolute Gasteiger partial charge is 0.0320 e. The highest BCUT2D eigenvalue weighted by atomic mass is 14.1. The third-order valence-corrected chi connectivity index (χ3v) is 4.63. The molecule has 1 aliphatic rings. The summed E-state index contributed by atoms with van der Waals surface area (Å²) in [5.74, 6) is 0. The Morgan fingerprint density at radius 1 is 0.650 bits per heavy atom. The van der Waals surface area contributed by atoms with Gasteiger partial charge in [0.15, 0.2) is 0 Å². The molecule has 0 unspecified atom stereocenters. The van der Waals surface area contributed by atoms with Crippen molar-refractivity contribution in [1.82, 2.24) is 0 Å². The Bertz CT molecular complexity index is 208. The Morgan fingerprint density at radius 3 is 1.45 bits per heavy atom. The Kier molecular flexibility index (Phi) is 12.2. The van der Waals surface area contributed by atoms with Gasteiger partial charge >= 0.3 is 0 Å². The molecule has 0 heterocycles. The maximum atomic E-state index is 3.95. The van der Waals surface area contributed by atoms with Gasteiger partial charge in [0.2, 0.25) is 0 Å². The van der Waals surface area contributed by atoms with Gasteiger partial charge < -0.3 is 0 Å². The highest BCUT2D eigenvalue weighted by molar-refractivity contribution is 5.02. The molecule has 0 nitrogen and oxygen atoms in total. The zero-order chi connectivity index (χ0) is 14.3. The summed E-state index contributed by atoms with van der Waals surface area (Å²) < 4.78 is 0.